The van der Waals surface area contributed by atoms with Crippen molar-refractivity contribution < 1.29 is 38.1 Å². The molecule has 298 valence electrons. The van der Waals surface area contributed by atoms with Gasteiger partial charge in [0.2, 0.25) is 0 Å². The van der Waals surface area contributed by atoms with E-state index >= 15 is 0 Å². The summed E-state index contributed by atoms with van der Waals surface area (Å²) in [5.41, 5.74) is 2.65. The SMILES string of the molecule is COC(=O)c1cc(/C=C/c2nc(-c3cccc(-c4nc(/C=C/c5cc(C(=O)OC)nnc5C(=O)OC)n(-c5ccccc5)n4)c3)nn2-c2ccccc2)c(C(=O)OC)nn1. The highest BCUT2D eigenvalue weighted by atomic mass is 16.5. The number of benzene rings is 3. The van der Waals surface area contributed by atoms with Crippen LogP contribution in [0.4, 0.5) is 0 Å². The van der Waals surface area contributed by atoms with E-state index in [1.54, 1.807) is 33.7 Å². The molecule has 0 N–H and O–H groups in total. The average Bonchev–Trinajstić information content (AvgIpc) is 3.95. The molecule has 0 amide bonds. The number of carbonyl (C=O) groups excluding carboxylic acids is 4. The number of para-hydroxylation sites is 2. The number of hydrogen-bond acceptors (Lipinski definition) is 16. The van der Waals surface area contributed by atoms with Crippen LogP contribution in [0, 0.1) is 0 Å². The molecule has 0 atom stereocenters. The highest BCUT2D eigenvalue weighted by molar-refractivity contribution is 5.96. The maximum atomic E-state index is 12.6. The minimum Gasteiger partial charge on any atom is -0.464 e. The zero-order valence-electron chi connectivity index (χ0n) is 32.3. The Balaban J connectivity index is 1.29. The fraction of sp³-hybridized carbons (Fsp3) is 0.0952. The summed E-state index contributed by atoms with van der Waals surface area (Å²) in [5.74, 6) is -1.53. The third kappa shape index (κ3) is 8.42. The summed E-state index contributed by atoms with van der Waals surface area (Å²) in [6.45, 7) is 0. The molecule has 0 radical (unpaired) electrons. The van der Waals surface area contributed by atoms with E-state index in [2.05, 4.69) is 20.4 Å². The first-order valence-corrected chi connectivity index (χ1v) is 17.8. The van der Waals surface area contributed by atoms with Crippen molar-refractivity contribution in [2.75, 3.05) is 28.4 Å². The van der Waals surface area contributed by atoms with Crippen molar-refractivity contribution >= 4 is 48.2 Å². The Morgan fingerprint density at radius 2 is 0.867 bits per heavy atom. The van der Waals surface area contributed by atoms with E-state index in [-0.39, 0.29) is 33.9 Å². The normalized spacial score (nSPS) is 11.1. The maximum Gasteiger partial charge on any atom is 0.359 e. The monoisotopic (exact) mass is 804 g/mol. The molecule has 18 nitrogen and oxygen atoms in total. The minimum atomic E-state index is -0.754. The number of nitrogens with zero attached hydrogens (tertiary/aromatic N) is 10. The van der Waals surface area contributed by atoms with Crippen LogP contribution in [0.1, 0.15) is 64.7 Å². The number of esters is 4. The first-order valence-electron chi connectivity index (χ1n) is 17.8. The van der Waals surface area contributed by atoms with E-state index in [0.717, 1.165) is 0 Å². The lowest BCUT2D eigenvalue weighted by atomic mass is 10.1. The molecule has 0 aliphatic rings. The molecule has 0 bridgehead atoms. The third-order valence-corrected chi connectivity index (χ3v) is 8.66. The Bertz CT molecular complexity index is 2610. The van der Waals surface area contributed by atoms with Crippen LogP contribution in [0.15, 0.2) is 97.1 Å². The molecule has 7 rings (SSSR count). The van der Waals surface area contributed by atoms with Gasteiger partial charge in [-0.15, -0.1) is 30.6 Å². The van der Waals surface area contributed by atoms with Crippen LogP contribution in [0.25, 0.3) is 58.5 Å². The summed E-state index contributed by atoms with van der Waals surface area (Å²) in [6.07, 6.45) is 6.35. The Kier molecular flexibility index (Phi) is 11.7. The molecule has 0 unspecified atom stereocenters. The van der Waals surface area contributed by atoms with Crippen molar-refractivity contribution in [1.29, 1.82) is 0 Å². The second kappa shape index (κ2) is 17.7. The zero-order valence-corrected chi connectivity index (χ0v) is 32.3. The van der Waals surface area contributed by atoms with E-state index in [1.807, 2.05) is 84.9 Å². The van der Waals surface area contributed by atoms with Gasteiger partial charge in [-0.25, -0.2) is 38.5 Å². The van der Waals surface area contributed by atoms with E-state index in [1.165, 1.54) is 40.6 Å². The van der Waals surface area contributed by atoms with Gasteiger partial charge in [0.15, 0.2) is 46.1 Å². The molecule has 0 saturated carbocycles. The maximum absolute atomic E-state index is 12.6. The number of ether oxygens (including phenoxy) is 4. The predicted octanol–water partition coefficient (Wildman–Crippen LogP) is 5.25. The third-order valence-electron chi connectivity index (χ3n) is 8.66. The van der Waals surface area contributed by atoms with Gasteiger partial charge in [0.05, 0.1) is 39.8 Å². The fourth-order valence-corrected chi connectivity index (χ4v) is 5.74. The summed E-state index contributed by atoms with van der Waals surface area (Å²) < 4.78 is 22.6. The van der Waals surface area contributed by atoms with E-state index < -0.39 is 23.9 Å². The first kappa shape index (κ1) is 39.7. The molecule has 0 fully saturated rings. The minimum absolute atomic E-state index is 0.109. The van der Waals surface area contributed by atoms with Crippen LogP contribution in [0.5, 0.6) is 0 Å². The lowest BCUT2D eigenvalue weighted by Gasteiger charge is -2.05. The van der Waals surface area contributed by atoms with Gasteiger partial charge >= 0.3 is 23.9 Å². The smallest absolute Gasteiger partial charge is 0.359 e. The van der Waals surface area contributed by atoms with E-state index in [4.69, 9.17) is 39.1 Å². The van der Waals surface area contributed by atoms with Crippen LogP contribution in [-0.4, -0.2) is 102 Å². The standard InChI is InChI=1S/C42H32N10O8/c1-57-39(53)31-23-25(35(47-45-31)41(55)59-3)18-20-33-43-37(49-51(33)29-14-7-5-8-15-29)27-12-11-13-28(22-27)38-44-34(52(50-38)30-16-9-6-10-17-30)21-19-26-24-32(40(54)58-2)46-48-36(26)42(56)60-4/h5-24H,1-4H3/b20-18+,21-19+. The molecule has 4 aromatic heterocycles. The lowest BCUT2D eigenvalue weighted by molar-refractivity contribution is 0.0573. The van der Waals surface area contributed by atoms with E-state index in [9.17, 15) is 19.2 Å². The Morgan fingerprint density at radius 1 is 0.467 bits per heavy atom. The Hall–Kier alpha value is -8.54. The molecule has 0 aliphatic heterocycles. The molecule has 7 aromatic rings. The van der Waals surface area contributed by atoms with Gasteiger partial charge in [0.1, 0.15) is 0 Å². The van der Waals surface area contributed by atoms with Gasteiger partial charge in [-0.1, -0.05) is 54.6 Å². The first-order chi connectivity index (χ1) is 29.2. The topological polar surface area (TPSA) is 218 Å². The molecular formula is C42H32N10O8. The van der Waals surface area contributed by atoms with Crippen LogP contribution in [0.2, 0.25) is 0 Å². The average molecular weight is 805 g/mol. The number of hydrogen-bond donors (Lipinski definition) is 0. The highest BCUT2D eigenvalue weighted by Crippen LogP contribution is 2.27. The van der Waals surface area contributed by atoms with Crippen LogP contribution >= 0.6 is 0 Å². The number of carbonyl (C=O) groups is 4. The summed E-state index contributed by atoms with van der Waals surface area (Å²) >= 11 is 0. The quantitative estimate of drug-likeness (QED) is 0.114. The molecule has 0 saturated heterocycles. The Labute approximate surface area is 340 Å². The van der Waals surface area contributed by atoms with Gasteiger partial charge in [0.25, 0.3) is 0 Å². The zero-order chi connectivity index (χ0) is 42.2. The highest BCUT2D eigenvalue weighted by Gasteiger charge is 2.21. The van der Waals surface area contributed by atoms with Crippen molar-refractivity contribution in [2.45, 2.75) is 0 Å². The number of methoxy groups -OCH3 is 4. The van der Waals surface area contributed by atoms with Crippen molar-refractivity contribution in [3.8, 4) is 34.2 Å². The van der Waals surface area contributed by atoms with Crippen molar-refractivity contribution in [2.24, 2.45) is 0 Å². The molecule has 18 heteroatoms. The van der Waals surface area contributed by atoms with Crippen LogP contribution in [-0.2, 0) is 18.9 Å². The molecule has 60 heavy (non-hydrogen) atoms. The molecule has 0 aliphatic carbocycles. The summed E-state index contributed by atoms with van der Waals surface area (Å²) in [4.78, 5) is 59.3. The molecular weight excluding hydrogens is 773 g/mol. The van der Waals surface area contributed by atoms with Gasteiger partial charge in [0, 0.05) is 22.3 Å². The number of aromatic nitrogens is 10. The van der Waals surface area contributed by atoms with Gasteiger partial charge < -0.3 is 18.9 Å². The predicted molar refractivity (Wildman–Crippen MR) is 214 cm³/mol. The Morgan fingerprint density at radius 3 is 1.25 bits per heavy atom. The van der Waals surface area contributed by atoms with Gasteiger partial charge in [-0.05, 0) is 66.8 Å². The van der Waals surface area contributed by atoms with Crippen molar-refractivity contribution in [3.05, 3.63) is 143 Å². The second-order valence-electron chi connectivity index (χ2n) is 12.4. The van der Waals surface area contributed by atoms with Gasteiger partial charge in [-0.2, -0.15) is 0 Å². The molecule has 0 spiro atoms. The van der Waals surface area contributed by atoms with Crippen molar-refractivity contribution in [1.82, 2.24) is 49.9 Å². The molecule has 3 aromatic carbocycles. The van der Waals surface area contributed by atoms with E-state index in [0.29, 0.717) is 45.8 Å². The van der Waals surface area contributed by atoms with Crippen LogP contribution in [0.3, 0.4) is 0 Å². The molecule has 4 heterocycles. The van der Waals surface area contributed by atoms with Gasteiger partial charge in [-0.3, -0.25) is 0 Å². The van der Waals surface area contributed by atoms with Crippen molar-refractivity contribution in [3.63, 3.8) is 0 Å². The summed E-state index contributed by atoms with van der Waals surface area (Å²) in [7, 11) is 4.84. The largest absolute Gasteiger partial charge is 0.464 e. The fourth-order valence-electron chi connectivity index (χ4n) is 5.74. The van der Waals surface area contributed by atoms with Crippen LogP contribution < -0.4 is 0 Å². The summed E-state index contributed by atoms with van der Waals surface area (Å²) in [5, 5.41) is 25.1. The lowest BCUT2D eigenvalue weighted by Crippen LogP contribution is -2.13. The number of rotatable bonds is 12. The second-order valence-corrected chi connectivity index (χ2v) is 12.4. The summed E-state index contributed by atoms with van der Waals surface area (Å²) in [6, 6.07) is 28.7.